The summed E-state index contributed by atoms with van der Waals surface area (Å²) in [6.45, 7) is 69.2. The van der Waals surface area contributed by atoms with Crippen molar-refractivity contribution in [3.63, 3.8) is 0 Å². The molecule has 0 spiro atoms. The second-order valence-electron chi connectivity index (χ2n) is 49.2. The van der Waals surface area contributed by atoms with Gasteiger partial charge in [0, 0.05) is 70.5 Å². The second-order valence-corrected chi connectivity index (χ2v) is 49.2. The Morgan fingerprint density at radius 2 is 0.404 bits per heavy atom. The van der Waals surface area contributed by atoms with Crippen molar-refractivity contribution in [2.45, 2.75) is 262 Å². The van der Waals surface area contributed by atoms with Gasteiger partial charge in [-0.05, 0) is 267 Å². The molecule has 0 saturated heterocycles. The summed E-state index contributed by atoms with van der Waals surface area (Å²) >= 11 is 0. The Morgan fingerprint density at radius 1 is 0.220 bits per heavy atom. The molecule has 5 aromatic heterocycles. The van der Waals surface area contributed by atoms with E-state index in [1.807, 2.05) is 0 Å². The first-order valence-electron chi connectivity index (χ1n) is 49.4. The molecule has 0 aliphatic rings. The Hall–Kier alpha value is -13.6. The number of hydrogen-bond acceptors (Lipinski definition) is 4. The highest BCUT2D eigenvalue weighted by Gasteiger charge is 2.39. The van der Waals surface area contributed by atoms with Crippen LogP contribution in [-0.2, 0) is 54.1 Å². The molecule has 0 unspecified atom stereocenters. The number of methoxy groups -OCH3 is 2. The molecule has 0 amide bonds. The summed E-state index contributed by atoms with van der Waals surface area (Å²) in [5.41, 5.74) is 26.2. The maximum atomic E-state index is 13.8. The van der Waals surface area contributed by atoms with Gasteiger partial charge in [-0.2, -0.15) is 10.5 Å². The highest BCUT2D eigenvalue weighted by Crippen LogP contribution is 2.55. The normalized spacial score (nSPS) is 13.0. The monoisotopic (exact) mass is 1880 g/mol. The minimum Gasteiger partial charge on any atom is -0.497 e. The van der Waals surface area contributed by atoms with Crippen LogP contribution in [0.15, 0.2) is 231 Å². The van der Waals surface area contributed by atoms with E-state index in [1.54, 1.807) is 7.11 Å². The molecule has 0 fully saturated rings. The van der Waals surface area contributed by atoms with E-state index >= 15 is 0 Å². The standard InChI is InChI=1S/C94H103N5O.C20H25N.C14H7F4NO/c1-87(2,3)56-28-38-74-65(46-56)66-47-57(88(4,5)6)29-39-75(66)96(74)83-73(54-95)84(97-76-40-30-58(89(7,8)9)48-67(76)68-49-59(90(10,11)12)31-41-77(68)97)86(99-80-44-34-62(93(19,20)21)52-71(80)72-53-63(94(22,23)24)35-45-81(72)99)82(55-26-36-64(100-25)37-27-55)85(83)98-78-42-32-60(91(13,14)15)50-69(78)70-51-61(92(16,17)18)33-43-79(70)98;1-19(2,3)13-7-9-17-15(11-13)16-12-14(20(4,5)6)8-10-18(16)21-17;1-20-8-4-2-7(3-5-8)10-13(17)11(15)9(6-19)12(16)14(10)18/h26-53H,1-25H3;7-12,21H,1-6H3;2-5H,1H3. The summed E-state index contributed by atoms with van der Waals surface area (Å²) in [5, 5.41) is 34.1. The number of H-pyrrole nitrogens is 1. The lowest BCUT2D eigenvalue weighted by Gasteiger charge is -2.30. The SMILES string of the molecule is CC(C)(C)c1ccc2[nH]c3ccc(C(C)(C)C)cc3c2c1.COc1ccc(-c2c(-n3c4ccc(C(C)(C)C)cc4c4cc(C(C)(C)C)ccc43)c(-n3c4ccc(C(C)(C)C)cc4c4cc(C(C)(C)C)ccc43)c(C#N)c(-n3c4ccc(C(C)(C)C)cc4c4cc(C(C)(C)C)ccc43)c2-n2c3ccc(C(C)(C)C)cc3c3cc(C(C)(C)C)ccc32)cc1.COc1ccc(-c2c(F)c(F)c(C#N)c(F)c2F)cc1. The number of hydrogen-bond donors (Lipinski definition) is 1. The Morgan fingerprint density at radius 3 is 0.596 bits per heavy atom. The number of fused-ring (bicyclic) bond motifs is 15. The lowest BCUT2D eigenvalue weighted by atomic mass is 9.85. The number of aromatic amines is 1. The maximum Gasteiger partial charge on any atom is 0.180 e. The number of rotatable bonds is 8. The van der Waals surface area contributed by atoms with Gasteiger partial charge in [0.1, 0.15) is 34.8 Å². The molecule has 0 aliphatic heterocycles. The van der Waals surface area contributed by atoms with Crippen LogP contribution in [0.2, 0.25) is 0 Å². The molecule has 9 nitrogen and oxygen atoms in total. The molecule has 19 rings (SSSR count). The molecule has 19 aromatic rings. The van der Waals surface area contributed by atoms with Gasteiger partial charge in [0.25, 0.3) is 0 Å². The summed E-state index contributed by atoms with van der Waals surface area (Å²) in [6.07, 6.45) is 0. The maximum absolute atomic E-state index is 13.8. The van der Waals surface area contributed by atoms with E-state index < -0.39 is 34.4 Å². The Balaban J connectivity index is 0.000000272. The van der Waals surface area contributed by atoms with E-state index in [9.17, 15) is 22.8 Å². The molecule has 0 saturated carbocycles. The number of nitriles is 2. The van der Waals surface area contributed by atoms with E-state index in [4.69, 9.17) is 14.7 Å². The molecule has 1 N–H and O–H groups in total. The zero-order valence-corrected chi connectivity index (χ0v) is 88.5. The predicted octanol–water partition coefficient (Wildman–Crippen LogP) is 35.7. The fourth-order valence-corrected chi connectivity index (χ4v) is 20.1. The van der Waals surface area contributed by atoms with Crippen molar-refractivity contribution in [3.05, 3.63) is 321 Å². The van der Waals surface area contributed by atoms with Crippen molar-refractivity contribution in [1.82, 2.24) is 23.3 Å². The van der Waals surface area contributed by atoms with Crippen molar-refractivity contribution in [3.8, 4) is 68.6 Å². The topological polar surface area (TPSA) is 102 Å². The van der Waals surface area contributed by atoms with Gasteiger partial charge >= 0.3 is 0 Å². The molecule has 0 atom stereocenters. The van der Waals surface area contributed by atoms with E-state index in [0.717, 1.165) is 133 Å². The molecule has 14 aromatic carbocycles. The first-order chi connectivity index (χ1) is 65.7. The van der Waals surface area contributed by atoms with Crippen molar-refractivity contribution < 1.29 is 27.0 Å². The van der Waals surface area contributed by atoms with Crippen LogP contribution in [0, 0.1) is 45.9 Å². The van der Waals surface area contributed by atoms with Crippen LogP contribution in [0.3, 0.4) is 0 Å². The quantitative estimate of drug-likeness (QED) is 0.121. The molecule has 5 heterocycles. The van der Waals surface area contributed by atoms with Gasteiger partial charge < -0.3 is 32.7 Å². The largest absolute Gasteiger partial charge is 0.497 e. The van der Waals surface area contributed by atoms with Gasteiger partial charge in [-0.1, -0.05) is 293 Å². The van der Waals surface area contributed by atoms with Crippen LogP contribution in [0.1, 0.15) is 274 Å². The van der Waals surface area contributed by atoms with Crippen molar-refractivity contribution in [2.24, 2.45) is 0 Å². The number of ether oxygens (including phenoxy) is 2. The number of nitrogens with one attached hydrogen (secondary N) is 1. The average Bonchev–Trinajstić information content (AvgIpc) is 1.53. The Labute approximate surface area is 829 Å². The van der Waals surface area contributed by atoms with Crippen LogP contribution in [-0.4, -0.2) is 37.5 Å². The fourth-order valence-electron chi connectivity index (χ4n) is 20.1. The van der Waals surface area contributed by atoms with Crippen molar-refractivity contribution in [2.75, 3.05) is 14.2 Å². The second kappa shape index (κ2) is 34.7. The lowest BCUT2D eigenvalue weighted by Crippen LogP contribution is -2.17. The molecule has 141 heavy (non-hydrogen) atoms. The Kier molecular flexibility index (Phi) is 24.3. The van der Waals surface area contributed by atoms with E-state index in [1.165, 1.54) is 109 Å². The van der Waals surface area contributed by atoms with Crippen LogP contribution < -0.4 is 9.47 Å². The zero-order valence-electron chi connectivity index (χ0n) is 88.5. The molecule has 722 valence electrons. The van der Waals surface area contributed by atoms with Gasteiger partial charge in [-0.3, -0.25) is 0 Å². The predicted molar refractivity (Wildman–Crippen MR) is 586 cm³/mol. The van der Waals surface area contributed by atoms with E-state index in [2.05, 4.69) is 443 Å². The molecule has 13 heteroatoms. The average molecular weight is 1880 g/mol. The highest BCUT2D eigenvalue weighted by molar-refractivity contribution is 6.18. The lowest BCUT2D eigenvalue weighted by molar-refractivity contribution is 0.414. The highest BCUT2D eigenvalue weighted by atomic mass is 19.2. The first-order valence-corrected chi connectivity index (χ1v) is 49.4. The summed E-state index contributed by atoms with van der Waals surface area (Å²) in [5.74, 6) is -5.46. The third-order valence-corrected chi connectivity index (χ3v) is 28.9. The van der Waals surface area contributed by atoms with E-state index in [0.29, 0.717) is 11.3 Å². The summed E-state index contributed by atoms with van der Waals surface area (Å²) in [6, 6.07) is 89.2. The Bertz CT molecular complexity index is 7670. The third-order valence-electron chi connectivity index (χ3n) is 28.9. The zero-order chi connectivity index (χ0) is 102. The van der Waals surface area contributed by atoms with Crippen molar-refractivity contribution >= 4 is 109 Å². The number of benzene rings is 14. The van der Waals surface area contributed by atoms with Gasteiger partial charge in [-0.25, -0.2) is 17.6 Å². The van der Waals surface area contributed by atoms with Gasteiger partial charge in [0.15, 0.2) is 23.3 Å². The number of halogens is 4. The van der Waals surface area contributed by atoms with Gasteiger partial charge in [-0.15, -0.1) is 0 Å². The first kappa shape index (κ1) is 99.0. The van der Waals surface area contributed by atoms with Crippen LogP contribution in [0.25, 0.3) is 154 Å². The smallest absolute Gasteiger partial charge is 0.180 e. The third kappa shape index (κ3) is 17.7. The minimum atomic E-state index is -1.71. The summed E-state index contributed by atoms with van der Waals surface area (Å²) < 4.78 is 75.8. The molecule has 0 bridgehead atoms. The van der Waals surface area contributed by atoms with Gasteiger partial charge in [0.2, 0.25) is 0 Å². The van der Waals surface area contributed by atoms with Crippen LogP contribution in [0.5, 0.6) is 11.5 Å². The fraction of sp³-hybridized carbons (Fsp3) is 0.328. The van der Waals surface area contributed by atoms with Gasteiger partial charge in [0.05, 0.1) is 86.7 Å². The molecule has 0 aliphatic carbocycles. The summed E-state index contributed by atoms with van der Waals surface area (Å²) in [7, 11) is 3.16. The van der Waals surface area contributed by atoms with Crippen LogP contribution in [0.4, 0.5) is 17.6 Å². The van der Waals surface area contributed by atoms with Crippen LogP contribution >= 0.6 is 0 Å². The number of aromatic nitrogens is 5. The van der Waals surface area contributed by atoms with E-state index in [-0.39, 0.29) is 59.7 Å². The number of nitrogens with zero attached hydrogens (tertiary/aromatic N) is 6. The minimum absolute atomic E-state index is 0.0666. The molecule has 0 radical (unpaired) electrons. The molecular weight excluding hydrogens is 1740 g/mol. The molecular formula is C128H135F4N7O2. The summed E-state index contributed by atoms with van der Waals surface area (Å²) in [4.78, 5) is 3.54. The van der Waals surface area contributed by atoms with Crippen molar-refractivity contribution in [1.29, 1.82) is 10.5 Å².